The zero-order chi connectivity index (χ0) is 18.9. The summed E-state index contributed by atoms with van der Waals surface area (Å²) >= 11 is 0. The number of likely N-dealkylation sites (tertiary alicyclic amines) is 1. The average Bonchev–Trinajstić information content (AvgIpc) is 2.61. The maximum Gasteiger partial charge on any atom is 0.249 e. The molecule has 1 aromatic rings. The van der Waals surface area contributed by atoms with Crippen LogP contribution in [0.1, 0.15) is 69.9 Å². The molecule has 0 unspecified atom stereocenters. The minimum absolute atomic E-state index is 0.170. The van der Waals surface area contributed by atoms with Crippen molar-refractivity contribution in [2.24, 2.45) is 0 Å². The summed E-state index contributed by atoms with van der Waals surface area (Å²) in [4.78, 5) is 14.9. The number of hydrogen-bond acceptors (Lipinski definition) is 1. The highest BCUT2D eigenvalue weighted by atomic mass is 19.1. The molecule has 142 valence electrons. The van der Waals surface area contributed by atoms with E-state index in [0.717, 1.165) is 50.2 Å². The number of rotatable bonds is 3. The normalized spacial score (nSPS) is 20.4. The van der Waals surface area contributed by atoms with Crippen molar-refractivity contribution in [2.45, 2.75) is 71.1 Å². The molecular weight excluding hydrogens is 332 g/mol. The van der Waals surface area contributed by atoms with E-state index in [9.17, 15) is 13.6 Å². The predicted molar refractivity (Wildman–Crippen MR) is 100 cm³/mol. The van der Waals surface area contributed by atoms with E-state index in [2.05, 4.69) is 13.8 Å². The molecule has 1 saturated heterocycles. The molecule has 0 N–H and O–H groups in total. The minimum Gasteiger partial charge on any atom is -0.339 e. The van der Waals surface area contributed by atoms with E-state index in [1.54, 1.807) is 6.92 Å². The molecule has 1 aromatic carbocycles. The number of piperidine rings is 1. The lowest BCUT2D eigenvalue weighted by Gasteiger charge is -2.43. The van der Waals surface area contributed by atoms with Crippen LogP contribution in [0.3, 0.4) is 0 Å². The van der Waals surface area contributed by atoms with E-state index in [1.807, 2.05) is 4.90 Å². The molecule has 0 spiro atoms. The van der Waals surface area contributed by atoms with Crippen LogP contribution in [-0.2, 0) is 10.2 Å². The lowest BCUT2D eigenvalue weighted by atomic mass is 9.69. The van der Waals surface area contributed by atoms with Gasteiger partial charge < -0.3 is 4.90 Å². The van der Waals surface area contributed by atoms with Crippen molar-refractivity contribution in [1.29, 1.82) is 0 Å². The Morgan fingerprint density at radius 2 is 1.77 bits per heavy atom. The van der Waals surface area contributed by atoms with E-state index in [-0.39, 0.29) is 11.3 Å². The standard InChI is InChI=1S/C22H29F2NO/c1-4-22(20-16(3)13-17(23)14-19(20)24)9-11-25(12-10-22)21(26)18-8-6-5-7-15(18)2/h13-14H,4-12H2,1-3H3. The smallest absolute Gasteiger partial charge is 0.249 e. The van der Waals surface area contributed by atoms with Gasteiger partial charge in [-0.15, -0.1) is 0 Å². The van der Waals surface area contributed by atoms with Gasteiger partial charge in [-0.3, -0.25) is 4.79 Å². The molecule has 0 atom stereocenters. The van der Waals surface area contributed by atoms with Crippen LogP contribution in [0.5, 0.6) is 0 Å². The SMILES string of the molecule is CCC1(c2c(C)cc(F)cc2F)CCN(C(=O)C2=C(C)CCCC2)CC1. The molecule has 1 aliphatic heterocycles. The Hall–Kier alpha value is -1.71. The van der Waals surface area contributed by atoms with Gasteiger partial charge in [0.25, 0.3) is 0 Å². The first kappa shape index (κ1) is 19.1. The van der Waals surface area contributed by atoms with Crippen molar-refractivity contribution in [3.8, 4) is 0 Å². The molecule has 0 bridgehead atoms. The molecular formula is C22H29F2NO. The number of amides is 1. The Morgan fingerprint density at radius 1 is 1.12 bits per heavy atom. The summed E-state index contributed by atoms with van der Waals surface area (Å²) in [6.45, 7) is 7.20. The summed E-state index contributed by atoms with van der Waals surface area (Å²) in [7, 11) is 0. The number of nitrogens with zero attached hydrogens (tertiary/aromatic N) is 1. The van der Waals surface area contributed by atoms with Gasteiger partial charge in [0.05, 0.1) is 0 Å². The van der Waals surface area contributed by atoms with Crippen LogP contribution >= 0.6 is 0 Å². The fraction of sp³-hybridized carbons (Fsp3) is 0.591. The van der Waals surface area contributed by atoms with Gasteiger partial charge in [0.15, 0.2) is 0 Å². The van der Waals surface area contributed by atoms with Crippen LogP contribution in [0.2, 0.25) is 0 Å². The molecule has 3 rings (SSSR count). The summed E-state index contributed by atoms with van der Waals surface area (Å²) in [5.41, 5.74) is 3.23. The van der Waals surface area contributed by atoms with Crippen molar-refractivity contribution < 1.29 is 13.6 Å². The van der Waals surface area contributed by atoms with Crippen molar-refractivity contribution >= 4 is 5.91 Å². The number of benzene rings is 1. The highest BCUT2D eigenvalue weighted by molar-refractivity contribution is 5.94. The van der Waals surface area contributed by atoms with Gasteiger partial charge in [0.1, 0.15) is 11.6 Å². The molecule has 26 heavy (non-hydrogen) atoms. The fourth-order valence-corrected chi connectivity index (χ4v) is 4.83. The van der Waals surface area contributed by atoms with E-state index >= 15 is 0 Å². The second-order valence-electron chi connectivity index (χ2n) is 7.97. The minimum atomic E-state index is -0.526. The number of carbonyl (C=O) groups excluding carboxylic acids is 1. The summed E-state index contributed by atoms with van der Waals surface area (Å²) in [5.74, 6) is -0.805. The van der Waals surface area contributed by atoms with Gasteiger partial charge in [-0.2, -0.15) is 0 Å². The van der Waals surface area contributed by atoms with Crippen LogP contribution in [-0.4, -0.2) is 23.9 Å². The summed E-state index contributed by atoms with van der Waals surface area (Å²) in [6.07, 6.45) is 6.41. The van der Waals surface area contributed by atoms with Crippen LogP contribution in [0.15, 0.2) is 23.3 Å². The fourth-order valence-electron chi connectivity index (χ4n) is 4.83. The Kier molecular flexibility index (Phi) is 5.50. The first-order valence-electron chi connectivity index (χ1n) is 9.82. The molecule has 1 fully saturated rings. The van der Waals surface area contributed by atoms with Gasteiger partial charge in [-0.05, 0) is 76.0 Å². The average molecular weight is 361 g/mol. The number of halogens is 2. The first-order valence-corrected chi connectivity index (χ1v) is 9.82. The van der Waals surface area contributed by atoms with Gasteiger partial charge in [-0.25, -0.2) is 8.78 Å². The zero-order valence-electron chi connectivity index (χ0n) is 16.1. The third kappa shape index (κ3) is 3.43. The highest BCUT2D eigenvalue weighted by Gasteiger charge is 2.39. The molecule has 1 amide bonds. The van der Waals surface area contributed by atoms with Crippen molar-refractivity contribution in [2.75, 3.05) is 13.1 Å². The molecule has 0 radical (unpaired) electrons. The van der Waals surface area contributed by atoms with Crippen molar-refractivity contribution in [1.82, 2.24) is 4.90 Å². The third-order valence-electron chi connectivity index (χ3n) is 6.47. The molecule has 1 heterocycles. The van der Waals surface area contributed by atoms with Crippen molar-refractivity contribution in [3.63, 3.8) is 0 Å². The summed E-state index contributed by atoms with van der Waals surface area (Å²) in [6, 6.07) is 2.41. The first-order chi connectivity index (χ1) is 12.4. The largest absolute Gasteiger partial charge is 0.339 e. The topological polar surface area (TPSA) is 20.3 Å². The van der Waals surface area contributed by atoms with Crippen LogP contribution in [0.4, 0.5) is 8.78 Å². The Morgan fingerprint density at radius 3 is 2.35 bits per heavy atom. The summed E-state index contributed by atoms with van der Waals surface area (Å²) in [5, 5.41) is 0. The monoisotopic (exact) mass is 361 g/mol. The Balaban J connectivity index is 1.81. The molecule has 0 saturated carbocycles. The molecule has 2 nitrogen and oxygen atoms in total. The lowest BCUT2D eigenvalue weighted by Crippen LogP contribution is -2.46. The Labute approximate surface area is 155 Å². The van der Waals surface area contributed by atoms with E-state index in [1.165, 1.54) is 18.1 Å². The number of allylic oxidation sites excluding steroid dienone is 1. The summed E-state index contributed by atoms with van der Waals surface area (Å²) < 4.78 is 28.1. The van der Waals surface area contributed by atoms with Crippen LogP contribution < -0.4 is 0 Å². The second kappa shape index (κ2) is 7.50. The number of hydrogen-bond donors (Lipinski definition) is 0. The zero-order valence-corrected chi connectivity index (χ0v) is 16.1. The van der Waals surface area contributed by atoms with Crippen molar-refractivity contribution in [3.05, 3.63) is 46.0 Å². The van der Waals surface area contributed by atoms with E-state index in [4.69, 9.17) is 0 Å². The van der Waals surface area contributed by atoms with Gasteiger partial charge in [0, 0.05) is 30.1 Å². The predicted octanol–water partition coefficient (Wildman–Crippen LogP) is 5.43. The highest BCUT2D eigenvalue weighted by Crippen LogP contribution is 2.42. The third-order valence-corrected chi connectivity index (χ3v) is 6.47. The Bertz CT molecular complexity index is 707. The molecule has 2 aliphatic rings. The van der Waals surface area contributed by atoms with Crippen LogP contribution in [0.25, 0.3) is 0 Å². The maximum atomic E-state index is 14.6. The van der Waals surface area contributed by atoms with Crippen LogP contribution in [0, 0.1) is 18.6 Å². The molecule has 4 heteroatoms. The lowest BCUT2D eigenvalue weighted by molar-refractivity contribution is -0.129. The van der Waals surface area contributed by atoms with Gasteiger partial charge >= 0.3 is 0 Å². The molecule has 0 aromatic heterocycles. The molecule has 1 aliphatic carbocycles. The maximum absolute atomic E-state index is 14.6. The second-order valence-corrected chi connectivity index (χ2v) is 7.97. The van der Waals surface area contributed by atoms with E-state index < -0.39 is 11.6 Å². The van der Waals surface area contributed by atoms with E-state index in [0.29, 0.717) is 24.2 Å². The van der Waals surface area contributed by atoms with Gasteiger partial charge in [0.2, 0.25) is 5.91 Å². The number of aryl methyl sites for hydroxylation is 1. The van der Waals surface area contributed by atoms with Gasteiger partial charge in [-0.1, -0.05) is 12.5 Å². The number of carbonyl (C=O) groups is 1. The quantitative estimate of drug-likeness (QED) is 0.702.